The van der Waals surface area contributed by atoms with E-state index in [-0.39, 0.29) is 11.9 Å². The van der Waals surface area contributed by atoms with Gasteiger partial charge in [0, 0.05) is 12.2 Å². The Morgan fingerprint density at radius 1 is 1.08 bits per heavy atom. The van der Waals surface area contributed by atoms with Gasteiger partial charge in [-0.05, 0) is 56.0 Å². The zero-order valence-corrected chi connectivity index (χ0v) is 16.0. The molecule has 0 saturated carbocycles. The topological polar surface area (TPSA) is 32.3 Å². The Balaban J connectivity index is 2.07. The Morgan fingerprint density at radius 2 is 1.72 bits per heavy atom. The number of hydrogen-bond acceptors (Lipinski definition) is 2. The zero-order chi connectivity index (χ0) is 18.4. The molecule has 0 fully saturated rings. The second-order valence-electron chi connectivity index (χ2n) is 6.90. The third-order valence-corrected chi connectivity index (χ3v) is 5.08. The molecule has 0 radical (unpaired) electrons. The molecular weight excluding hydrogens is 308 g/mol. The average molecular weight is 338 g/mol. The van der Waals surface area contributed by atoms with Crippen molar-refractivity contribution < 1.29 is 4.79 Å². The predicted molar refractivity (Wildman–Crippen MR) is 106 cm³/mol. The molecule has 2 atom stereocenters. The van der Waals surface area contributed by atoms with E-state index in [1.165, 1.54) is 16.7 Å². The highest BCUT2D eigenvalue weighted by molar-refractivity contribution is 5.95. The van der Waals surface area contributed by atoms with Crippen molar-refractivity contribution in [3.63, 3.8) is 0 Å². The van der Waals surface area contributed by atoms with Gasteiger partial charge in [0.05, 0.1) is 6.04 Å². The van der Waals surface area contributed by atoms with E-state index in [1.807, 2.05) is 44.3 Å². The second kappa shape index (κ2) is 8.82. The molecule has 0 aliphatic rings. The molecule has 2 unspecified atom stereocenters. The Labute approximate surface area is 152 Å². The molecule has 1 N–H and O–H groups in total. The number of likely N-dealkylation sites (N-methyl/N-ethyl adjacent to an activating group) is 1. The molecule has 2 aromatic carbocycles. The molecule has 0 bridgehead atoms. The molecule has 0 aromatic heterocycles. The van der Waals surface area contributed by atoms with E-state index in [0.29, 0.717) is 5.92 Å². The van der Waals surface area contributed by atoms with Gasteiger partial charge in [0.2, 0.25) is 5.91 Å². The first-order chi connectivity index (χ1) is 11.9. The number of hydrogen-bond donors (Lipinski definition) is 1. The SMILES string of the molecule is CCC(C)c1ccccc1NC(=O)C(C)N(C)Cc1ccccc1C. The van der Waals surface area contributed by atoms with Gasteiger partial charge in [-0.3, -0.25) is 9.69 Å². The minimum absolute atomic E-state index is 0.0341. The van der Waals surface area contributed by atoms with Gasteiger partial charge in [0.1, 0.15) is 0 Å². The Bertz CT molecular complexity index is 711. The molecule has 2 rings (SSSR count). The normalized spacial score (nSPS) is 13.5. The van der Waals surface area contributed by atoms with Crippen LogP contribution >= 0.6 is 0 Å². The molecule has 0 spiro atoms. The monoisotopic (exact) mass is 338 g/mol. The van der Waals surface area contributed by atoms with Crippen LogP contribution in [0.1, 0.15) is 49.8 Å². The van der Waals surface area contributed by atoms with Crippen LogP contribution in [0.5, 0.6) is 0 Å². The first-order valence-corrected chi connectivity index (χ1v) is 9.08. The summed E-state index contributed by atoms with van der Waals surface area (Å²) in [7, 11) is 2.00. The third-order valence-electron chi connectivity index (χ3n) is 5.08. The van der Waals surface area contributed by atoms with Crippen molar-refractivity contribution >= 4 is 11.6 Å². The summed E-state index contributed by atoms with van der Waals surface area (Å²) < 4.78 is 0. The molecule has 3 nitrogen and oxygen atoms in total. The maximum absolute atomic E-state index is 12.7. The van der Waals surface area contributed by atoms with Crippen molar-refractivity contribution in [2.45, 2.75) is 52.6 Å². The van der Waals surface area contributed by atoms with E-state index in [2.05, 4.69) is 49.2 Å². The highest BCUT2D eigenvalue weighted by Crippen LogP contribution is 2.26. The maximum Gasteiger partial charge on any atom is 0.241 e. The molecule has 1 amide bonds. The number of amides is 1. The van der Waals surface area contributed by atoms with Crippen LogP contribution in [-0.2, 0) is 11.3 Å². The van der Waals surface area contributed by atoms with Gasteiger partial charge in [0.25, 0.3) is 0 Å². The number of anilines is 1. The van der Waals surface area contributed by atoms with E-state index < -0.39 is 0 Å². The molecular formula is C22H30N2O. The number of rotatable bonds is 7. The Hall–Kier alpha value is -2.13. The van der Waals surface area contributed by atoms with Crippen LogP contribution in [0.2, 0.25) is 0 Å². The van der Waals surface area contributed by atoms with E-state index in [4.69, 9.17) is 0 Å². The largest absolute Gasteiger partial charge is 0.324 e. The van der Waals surface area contributed by atoms with Crippen molar-refractivity contribution in [2.24, 2.45) is 0 Å². The van der Waals surface area contributed by atoms with Crippen LogP contribution in [0.3, 0.4) is 0 Å². The fourth-order valence-electron chi connectivity index (χ4n) is 2.89. The molecule has 0 aliphatic carbocycles. The van der Waals surface area contributed by atoms with Crippen molar-refractivity contribution in [2.75, 3.05) is 12.4 Å². The quantitative estimate of drug-likeness (QED) is 0.773. The summed E-state index contributed by atoms with van der Waals surface area (Å²) in [6.45, 7) is 9.19. The van der Waals surface area contributed by atoms with Gasteiger partial charge >= 0.3 is 0 Å². The molecule has 0 aliphatic heterocycles. The Morgan fingerprint density at radius 3 is 2.40 bits per heavy atom. The number of benzene rings is 2. The predicted octanol–water partition coefficient (Wildman–Crippen LogP) is 4.97. The first kappa shape index (κ1) is 19.2. The average Bonchev–Trinajstić information content (AvgIpc) is 2.62. The van der Waals surface area contributed by atoms with Crippen LogP contribution in [0.15, 0.2) is 48.5 Å². The number of nitrogens with one attached hydrogen (secondary N) is 1. The maximum atomic E-state index is 12.7. The molecule has 25 heavy (non-hydrogen) atoms. The number of nitrogens with zero attached hydrogens (tertiary/aromatic N) is 1. The van der Waals surface area contributed by atoms with Crippen LogP contribution in [0.25, 0.3) is 0 Å². The fourth-order valence-corrected chi connectivity index (χ4v) is 2.89. The van der Waals surface area contributed by atoms with Crippen LogP contribution in [0.4, 0.5) is 5.69 Å². The van der Waals surface area contributed by atoms with Crippen LogP contribution < -0.4 is 5.32 Å². The number of para-hydroxylation sites is 1. The third kappa shape index (κ3) is 4.93. The van der Waals surface area contributed by atoms with Gasteiger partial charge < -0.3 is 5.32 Å². The summed E-state index contributed by atoms with van der Waals surface area (Å²) in [4.78, 5) is 14.8. The van der Waals surface area contributed by atoms with Crippen LogP contribution in [-0.4, -0.2) is 23.9 Å². The van der Waals surface area contributed by atoms with E-state index >= 15 is 0 Å². The zero-order valence-electron chi connectivity index (χ0n) is 16.0. The summed E-state index contributed by atoms with van der Waals surface area (Å²) in [5, 5.41) is 3.13. The summed E-state index contributed by atoms with van der Waals surface area (Å²) in [6, 6.07) is 16.2. The summed E-state index contributed by atoms with van der Waals surface area (Å²) in [5.41, 5.74) is 4.64. The van der Waals surface area contributed by atoms with Crippen LogP contribution in [0, 0.1) is 6.92 Å². The van der Waals surface area contributed by atoms with Gasteiger partial charge in [-0.2, -0.15) is 0 Å². The van der Waals surface area contributed by atoms with Crippen molar-refractivity contribution in [3.8, 4) is 0 Å². The van der Waals surface area contributed by atoms with Gasteiger partial charge in [-0.25, -0.2) is 0 Å². The highest BCUT2D eigenvalue weighted by atomic mass is 16.2. The van der Waals surface area contributed by atoms with E-state index in [1.54, 1.807) is 0 Å². The number of aryl methyl sites for hydroxylation is 1. The standard InChI is InChI=1S/C22H30N2O/c1-6-16(2)20-13-9-10-14-21(20)23-22(25)18(4)24(5)15-19-12-8-7-11-17(19)3/h7-14,16,18H,6,15H2,1-5H3,(H,23,25). The highest BCUT2D eigenvalue weighted by Gasteiger charge is 2.20. The lowest BCUT2D eigenvalue weighted by atomic mass is 9.97. The lowest BCUT2D eigenvalue weighted by Crippen LogP contribution is -2.39. The minimum Gasteiger partial charge on any atom is -0.324 e. The molecule has 3 heteroatoms. The van der Waals surface area contributed by atoms with Crippen molar-refractivity contribution in [1.82, 2.24) is 4.90 Å². The van der Waals surface area contributed by atoms with Crippen molar-refractivity contribution in [1.29, 1.82) is 0 Å². The number of carbonyl (C=O) groups is 1. The van der Waals surface area contributed by atoms with Gasteiger partial charge in [0.15, 0.2) is 0 Å². The Kier molecular flexibility index (Phi) is 6.77. The molecule has 2 aromatic rings. The minimum atomic E-state index is -0.204. The molecule has 134 valence electrons. The molecule has 0 saturated heterocycles. The van der Waals surface area contributed by atoms with Crippen molar-refractivity contribution in [3.05, 3.63) is 65.2 Å². The summed E-state index contributed by atoms with van der Waals surface area (Å²) in [6.07, 6.45) is 1.05. The lowest BCUT2D eigenvalue weighted by Gasteiger charge is -2.25. The lowest BCUT2D eigenvalue weighted by molar-refractivity contribution is -0.120. The van der Waals surface area contributed by atoms with E-state index in [0.717, 1.165) is 18.7 Å². The van der Waals surface area contributed by atoms with Gasteiger partial charge in [-0.15, -0.1) is 0 Å². The number of carbonyl (C=O) groups excluding carboxylic acids is 1. The summed E-state index contributed by atoms with van der Waals surface area (Å²) >= 11 is 0. The first-order valence-electron chi connectivity index (χ1n) is 9.08. The van der Waals surface area contributed by atoms with E-state index in [9.17, 15) is 4.79 Å². The second-order valence-corrected chi connectivity index (χ2v) is 6.90. The fraction of sp³-hybridized carbons (Fsp3) is 0.409. The molecule has 0 heterocycles. The summed E-state index contributed by atoms with van der Waals surface area (Å²) in [5.74, 6) is 0.461. The van der Waals surface area contributed by atoms with Gasteiger partial charge in [-0.1, -0.05) is 56.3 Å². The smallest absolute Gasteiger partial charge is 0.241 e.